The summed E-state index contributed by atoms with van der Waals surface area (Å²) in [6.07, 6.45) is 0. The van der Waals surface area contributed by atoms with Gasteiger partial charge in [-0.1, -0.05) is 0 Å². The minimum Gasteiger partial charge on any atom is 0 e. The van der Waals surface area contributed by atoms with Crippen LogP contribution in [0.3, 0.4) is 0 Å². The Morgan fingerprint density at radius 1 is 1.00 bits per heavy atom. The van der Waals surface area contributed by atoms with Crippen molar-refractivity contribution >= 4 is 72.9 Å². The normalized spacial score (nSPS) is 0. The van der Waals surface area contributed by atoms with E-state index in [1.165, 1.54) is 0 Å². The molecule has 0 spiro atoms. The first-order chi connectivity index (χ1) is 0. The van der Waals surface area contributed by atoms with Crippen molar-refractivity contribution in [2.75, 3.05) is 0 Å². The molecule has 0 saturated carbocycles. The summed E-state index contributed by atoms with van der Waals surface area (Å²) in [5, 5.41) is 0. The second kappa shape index (κ2) is 23.9. The molecule has 0 N–H and O–H groups in total. The molecular formula is H8ErGaInPbZn. The van der Waals surface area contributed by atoms with Gasteiger partial charge in [0.25, 0.3) is 0 Å². The van der Waals surface area contributed by atoms with E-state index in [1.54, 1.807) is 0 Å². The van der Waals surface area contributed by atoms with Crippen LogP contribution in [0, 0.1) is 37.3 Å². The minimum absolute atomic E-state index is 0. The van der Waals surface area contributed by atoms with Crippen LogP contribution in [0.4, 0.5) is 0 Å². The van der Waals surface area contributed by atoms with E-state index >= 15 is 0 Å². The summed E-state index contributed by atoms with van der Waals surface area (Å²) in [5.41, 5.74) is 0. The van der Waals surface area contributed by atoms with E-state index in [0.717, 1.165) is 0 Å². The van der Waals surface area contributed by atoms with Gasteiger partial charge >= 0.3 is 72.9 Å². The van der Waals surface area contributed by atoms with Gasteiger partial charge in [-0.15, -0.1) is 0 Å². The molecule has 0 fully saturated rings. The van der Waals surface area contributed by atoms with Gasteiger partial charge in [-0.25, -0.2) is 0 Å². The Kier molecular flexibility index (Phi) is 166. The average molecular weight is 632 g/mol. The topological polar surface area (TPSA) is 0 Å². The van der Waals surface area contributed by atoms with Gasteiger partial charge in [0.2, 0.25) is 0 Å². The maximum atomic E-state index is 0. The zero-order chi connectivity index (χ0) is 0. The second-order valence-electron chi connectivity index (χ2n) is 0. The van der Waals surface area contributed by atoms with E-state index in [0.29, 0.717) is 0 Å². The first-order valence-electron chi connectivity index (χ1n) is 0. The first-order valence-corrected chi connectivity index (χ1v) is 0. The zero-order valence-electron chi connectivity index (χ0n) is 1.70. The van der Waals surface area contributed by atoms with Crippen molar-refractivity contribution in [3.63, 3.8) is 0 Å². The first kappa shape index (κ1) is 34.7. The van der Waals surface area contributed by atoms with Gasteiger partial charge in [-0.2, -0.15) is 0 Å². The predicted octanol–water partition coefficient (Wildman–Crippen LogP) is -3.29. The van der Waals surface area contributed by atoms with Crippen LogP contribution in [-0.4, -0.2) is 72.9 Å². The largest absolute Gasteiger partial charge is 0 e. The van der Waals surface area contributed by atoms with Gasteiger partial charge in [0.15, 0.2) is 0 Å². The second-order valence-corrected chi connectivity index (χ2v) is 0. The molecule has 0 aromatic carbocycles. The molecule has 0 aliphatic carbocycles. The van der Waals surface area contributed by atoms with Crippen molar-refractivity contribution in [3.05, 3.63) is 0 Å². The SMILES string of the molecule is [Er].[GaH3].[InH3].[PbH2].[Zn]. The van der Waals surface area contributed by atoms with Crippen LogP contribution in [0.2, 0.25) is 0 Å². The molecule has 2 radical (unpaired) electrons. The Morgan fingerprint density at radius 3 is 1.00 bits per heavy atom. The fourth-order valence-corrected chi connectivity index (χ4v) is 0. The Balaban J connectivity index is 0. The molecule has 32 valence electrons. The number of rotatable bonds is 0. The fourth-order valence-electron chi connectivity index (χ4n) is 0. The van der Waals surface area contributed by atoms with Gasteiger partial charge in [0, 0.05) is 56.8 Å². The quantitative estimate of drug-likeness (QED) is 0.246. The van der Waals surface area contributed by atoms with Crippen molar-refractivity contribution in [2.24, 2.45) is 0 Å². The molecule has 0 aromatic heterocycles. The minimum atomic E-state index is 0. The van der Waals surface area contributed by atoms with E-state index in [1.807, 2.05) is 0 Å². The molecule has 0 aliphatic heterocycles. The van der Waals surface area contributed by atoms with E-state index in [2.05, 4.69) is 0 Å². The molecular weight excluding hydrogens is 624 g/mol. The van der Waals surface area contributed by atoms with Crippen LogP contribution in [-0.2, 0) is 19.5 Å². The van der Waals surface area contributed by atoms with Gasteiger partial charge < -0.3 is 0 Å². The van der Waals surface area contributed by atoms with Crippen LogP contribution >= 0.6 is 0 Å². The molecule has 5 heavy (non-hydrogen) atoms. The molecule has 0 heterocycles. The van der Waals surface area contributed by atoms with Gasteiger partial charge in [0.1, 0.15) is 0 Å². The zero-order valence-corrected chi connectivity index (χ0v) is 12.0. The van der Waals surface area contributed by atoms with Crippen LogP contribution in [0.25, 0.3) is 0 Å². The summed E-state index contributed by atoms with van der Waals surface area (Å²) in [7, 11) is 0. The van der Waals surface area contributed by atoms with E-state index in [9.17, 15) is 0 Å². The third-order valence-electron chi connectivity index (χ3n) is 0. The molecule has 0 aromatic rings. The van der Waals surface area contributed by atoms with Gasteiger partial charge in [0.05, 0.1) is 0 Å². The molecule has 0 saturated heterocycles. The van der Waals surface area contributed by atoms with E-state index in [-0.39, 0.29) is 130 Å². The molecule has 5 heteroatoms. The summed E-state index contributed by atoms with van der Waals surface area (Å²) in [6, 6.07) is 0. The summed E-state index contributed by atoms with van der Waals surface area (Å²) in [4.78, 5) is 0. The van der Waals surface area contributed by atoms with Gasteiger partial charge in [-0.3, -0.25) is 0 Å². The Hall–Kier alpha value is 4.30. The molecule has 0 bridgehead atoms. The number of hydrogen-bond donors (Lipinski definition) is 0. The standard InChI is InChI=1S/Er.Ga.In.Pb.Zn.8H. The molecule has 0 atom stereocenters. The maximum absolute atomic E-state index is 0. The molecule has 0 aliphatic rings. The van der Waals surface area contributed by atoms with Crippen molar-refractivity contribution in [3.8, 4) is 0 Å². The maximum Gasteiger partial charge on any atom is 0 e. The third kappa shape index (κ3) is 17.8. The van der Waals surface area contributed by atoms with Crippen molar-refractivity contribution < 1.29 is 56.8 Å². The van der Waals surface area contributed by atoms with Crippen molar-refractivity contribution in [1.82, 2.24) is 0 Å². The molecule has 0 unspecified atom stereocenters. The van der Waals surface area contributed by atoms with Crippen molar-refractivity contribution in [2.45, 2.75) is 0 Å². The molecule has 0 nitrogen and oxygen atoms in total. The smallest absolute Gasteiger partial charge is 0 e. The van der Waals surface area contributed by atoms with Gasteiger partial charge in [-0.05, 0) is 0 Å². The predicted molar refractivity (Wildman–Crippen MR) is 28.4 cm³/mol. The van der Waals surface area contributed by atoms with Crippen LogP contribution < -0.4 is 0 Å². The Morgan fingerprint density at radius 2 is 1.00 bits per heavy atom. The number of hydrogen-bond acceptors (Lipinski definition) is 0. The fraction of sp³-hybridized carbons (Fsp3) is 0. The van der Waals surface area contributed by atoms with Crippen LogP contribution in [0.1, 0.15) is 0 Å². The summed E-state index contributed by atoms with van der Waals surface area (Å²) < 4.78 is 0. The summed E-state index contributed by atoms with van der Waals surface area (Å²) in [5.74, 6) is 0. The summed E-state index contributed by atoms with van der Waals surface area (Å²) >= 11 is 0. The molecule has 0 amide bonds. The Bertz CT molecular complexity index is 11.6. The van der Waals surface area contributed by atoms with E-state index in [4.69, 9.17) is 0 Å². The average Bonchev–Trinajstić information content (AvgIpc) is 0. The van der Waals surface area contributed by atoms with Crippen molar-refractivity contribution in [1.29, 1.82) is 0 Å². The summed E-state index contributed by atoms with van der Waals surface area (Å²) in [6.45, 7) is 0. The molecule has 0 rings (SSSR count). The van der Waals surface area contributed by atoms with E-state index < -0.39 is 0 Å². The van der Waals surface area contributed by atoms with Crippen LogP contribution in [0.5, 0.6) is 0 Å². The van der Waals surface area contributed by atoms with Crippen LogP contribution in [0.15, 0.2) is 0 Å². The third-order valence-corrected chi connectivity index (χ3v) is 0. The Labute approximate surface area is 126 Å². The monoisotopic (exact) mass is 630 g/mol.